The van der Waals surface area contributed by atoms with E-state index in [1.54, 1.807) is 0 Å². The van der Waals surface area contributed by atoms with Gasteiger partial charge in [0.2, 0.25) is 0 Å². The van der Waals surface area contributed by atoms with Crippen LogP contribution in [0.25, 0.3) is 0 Å². The number of rotatable bonds is 8. The van der Waals surface area contributed by atoms with E-state index in [0.717, 1.165) is 6.42 Å². The summed E-state index contributed by atoms with van der Waals surface area (Å²) in [4.78, 5) is 0. The Bertz CT molecular complexity index is 368. The summed E-state index contributed by atoms with van der Waals surface area (Å²) < 4.78 is 0. The van der Waals surface area contributed by atoms with Gasteiger partial charge in [-0.05, 0) is 56.8 Å². The van der Waals surface area contributed by atoms with Gasteiger partial charge in [-0.15, -0.1) is 6.58 Å². The van der Waals surface area contributed by atoms with Gasteiger partial charge in [-0.3, -0.25) is 0 Å². The number of aryl methyl sites for hydroxylation is 2. The molecule has 0 aliphatic carbocycles. The Balaban J connectivity index is 2.49. The van der Waals surface area contributed by atoms with Crippen LogP contribution in [0.2, 0.25) is 0 Å². The quantitative estimate of drug-likeness (QED) is 0.517. The molecule has 0 radical (unpaired) electrons. The summed E-state index contributed by atoms with van der Waals surface area (Å²) in [6, 6.07) is 7.30. The maximum Gasteiger partial charge on any atom is 0.0317 e. The number of hydrogen-bond donors (Lipinski definition) is 1. The van der Waals surface area contributed by atoms with Gasteiger partial charge < -0.3 is 5.32 Å². The standard InChI is InChI=1S/C17H27N/c1-5-6-7-8-9-10-17(18-4)16-12-11-14(2)15(3)13-16/h5,11-13,17-18H,1,6-10H2,2-4H3. The minimum absolute atomic E-state index is 0.494. The number of hydrogen-bond acceptors (Lipinski definition) is 1. The Labute approximate surface area is 112 Å². The zero-order valence-electron chi connectivity index (χ0n) is 12.1. The Morgan fingerprint density at radius 3 is 2.56 bits per heavy atom. The van der Waals surface area contributed by atoms with Crippen LogP contribution in [0.4, 0.5) is 0 Å². The van der Waals surface area contributed by atoms with Crippen LogP contribution in [-0.4, -0.2) is 7.05 Å². The van der Waals surface area contributed by atoms with E-state index in [1.165, 1.54) is 42.4 Å². The molecule has 0 heterocycles. The van der Waals surface area contributed by atoms with Gasteiger partial charge in [-0.1, -0.05) is 37.1 Å². The molecule has 0 fully saturated rings. The van der Waals surface area contributed by atoms with Crippen LogP contribution in [0.3, 0.4) is 0 Å². The summed E-state index contributed by atoms with van der Waals surface area (Å²) >= 11 is 0. The van der Waals surface area contributed by atoms with Crippen molar-refractivity contribution in [3.8, 4) is 0 Å². The van der Waals surface area contributed by atoms with Gasteiger partial charge in [-0.2, -0.15) is 0 Å². The largest absolute Gasteiger partial charge is 0.313 e. The molecule has 1 N–H and O–H groups in total. The molecule has 0 aromatic heterocycles. The number of unbranched alkanes of at least 4 members (excludes halogenated alkanes) is 3. The lowest BCUT2D eigenvalue weighted by Gasteiger charge is -2.17. The maximum atomic E-state index is 3.76. The van der Waals surface area contributed by atoms with Crippen LogP contribution in [0.15, 0.2) is 30.9 Å². The molecule has 100 valence electrons. The Morgan fingerprint density at radius 2 is 1.94 bits per heavy atom. The van der Waals surface area contributed by atoms with E-state index in [-0.39, 0.29) is 0 Å². The van der Waals surface area contributed by atoms with Gasteiger partial charge in [0.05, 0.1) is 0 Å². The van der Waals surface area contributed by atoms with Crippen LogP contribution in [0, 0.1) is 13.8 Å². The average Bonchev–Trinajstić information content (AvgIpc) is 2.37. The predicted octanol–water partition coefficient (Wildman–Crippen LogP) is 4.70. The fourth-order valence-electron chi connectivity index (χ4n) is 2.27. The molecule has 0 aliphatic rings. The van der Waals surface area contributed by atoms with Gasteiger partial charge in [0.15, 0.2) is 0 Å². The first kappa shape index (κ1) is 15.0. The fourth-order valence-corrected chi connectivity index (χ4v) is 2.27. The molecule has 1 atom stereocenters. The van der Waals surface area contributed by atoms with E-state index in [9.17, 15) is 0 Å². The third-order valence-electron chi connectivity index (χ3n) is 3.68. The van der Waals surface area contributed by atoms with Crippen molar-refractivity contribution in [2.75, 3.05) is 7.05 Å². The lowest BCUT2D eigenvalue weighted by atomic mass is 9.97. The molecule has 0 amide bonds. The molecule has 1 aromatic carbocycles. The third-order valence-corrected chi connectivity index (χ3v) is 3.68. The number of allylic oxidation sites excluding steroid dienone is 1. The first-order valence-electron chi connectivity index (χ1n) is 7.04. The highest BCUT2D eigenvalue weighted by atomic mass is 14.9. The second kappa shape index (κ2) is 8.10. The average molecular weight is 245 g/mol. The van der Waals surface area contributed by atoms with Gasteiger partial charge in [-0.25, -0.2) is 0 Å². The summed E-state index contributed by atoms with van der Waals surface area (Å²) in [5, 5.41) is 3.44. The minimum atomic E-state index is 0.494. The van der Waals surface area contributed by atoms with Gasteiger partial charge in [0.1, 0.15) is 0 Å². The second-order valence-corrected chi connectivity index (χ2v) is 5.11. The van der Waals surface area contributed by atoms with Crippen molar-refractivity contribution in [2.24, 2.45) is 0 Å². The normalized spacial score (nSPS) is 12.4. The molecule has 1 aromatic rings. The van der Waals surface area contributed by atoms with Crippen molar-refractivity contribution in [1.82, 2.24) is 5.32 Å². The molecular weight excluding hydrogens is 218 g/mol. The highest BCUT2D eigenvalue weighted by Gasteiger charge is 2.09. The van der Waals surface area contributed by atoms with Gasteiger partial charge in [0.25, 0.3) is 0 Å². The fraction of sp³-hybridized carbons (Fsp3) is 0.529. The molecule has 1 heteroatoms. The van der Waals surface area contributed by atoms with E-state index >= 15 is 0 Å². The van der Waals surface area contributed by atoms with Crippen LogP contribution >= 0.6 is 0 Å². The summed E-state index contributed by atoms with van der Waals surface area (Å²) in [6.07, 6.45) is 8.23. The monoisotopic (exact) mass is 245 g/mol. The topological polar surface area (TPSA) is 12.0 Å². The lowest BCUT2D eigenvalue weighted by Crippen LogP contribution is -2.16. The molecule has 1 nitrogen and oxygen atoms in total. The van der Waals surface area contributed by atoms with Crippen molar-refractivity contribution < 1.29 is 0 Å². The lowest BCUT2D eigenvalue weighted by molar-refractivity contribution is 0.507. The SMILES string of the molecule is C=CCCCCCC(NC)c1ccc(C)c(C)c1. The van der Waals surface area contributed by atoms with E-state index < -0.39 is 0 Å². The van der Waals surface area contributed by atoms with Crippen LogP contribution in [0.1, 0.15) is 54.8 Å². The molecule has 1 rings (SSSR count). The van der Waals surface area contributed by atoms with Crippen molar-refractivity contribution in [3.63, 3.8) is 0 Å². The van der Waals surface area contributed by atoms with Crippen LogP contribution in [-0.2, 0) is 0 Å². The highest BCUT2D eigenvalue weighted by Crippen LogP contribution is 2.22. The first-order valence-corrected chi connectivity index (χ1v) is 7.04. The molecule has 0 saturated carbocycles. The highest BCUT2D eigenvalue weighted by molar-refractivity contribution is 5.31. The van der Waals surface area contributed by atoms with Crippen LogP contribution in [0.5, 0.6) is 0 Å². The van der Waals surface area contributed by atoms with Gasteiger partial charge >= 0.3 is 0 Å². The summed E-state index contributed by atoms with van der Waals surface area (Å²) in [5.41, 5.74) is 4.18. The van der Waals surface area contributed by atoms with Crippen molar-refractivity contribution in [3.05, 3.63) is 47.5 Å². The maximum absolute atomic E-state index is 3.76. The van der Waals surface area contributed by atoms with E-state index in [1.807, 2.05) is 6.08 Å². The Kier molecular flexibility index (Phi) is 6.74. The molecular formula is C17H27N. The van der Waals surface area contributed by atoms with E-state index in [0.29, 0.717) is 6.04 Å². The smallest absolute Gasteiger partial charge is 0.0317 e. The number of benzene rings is 1. The minimum Gasteiger partial charge on any atom is -0.313 e. The molecule has 0 spiro atoms. The van der Waals surface area contributed by atoms with Gasteiger partial charge in [0, 0.05) is 6.04 Å². The second-order valence-electron chi connectivity index (χ2n) is 5.11. The zero-order valence-corrected chi connectivity index (χ0v) is 12.1. The summed E-state index contributed by atoms with van der Waals surface area (Å²) in [7, 11) is 2.06. The van der Waals surface area contributed by atoms with Crippen molar-refractivity contribution in [1.29, 1.82) is 0 Å². The number of nitrogens with one attached hydrogen (secondary N) is 1. The Hall–Kier alpha value is -1.08. The molecule has 0 aliphatic heterocycles. The molecule has 18 heavy (non-hydrogen) atoms. The summed E-state index contributed by atoms with van der Waals surface area (Å²) in [6.45, 7) is 8.12. The van der Waals surface area contributed by atoms with Crippen LogP contribution < -0.4 is 5.32 Å². The van der Waals surface area contributed by atoms with E-state index in [2.05, 4.69) is 51.0 Å². The first-order chi connectivity index (χ1) is 8.69. The van der Waals surface area contributed by atoms with Crippen molar-refractivity contribution >= 4 is 0 Å². The third kappa shape index (κ3) is 4.66. The molecule has 0 bridgehead atoms. The zero-order chi connectivity index (χ0) is 13.4. The van der Waals surface area contributed by atoms with E-state index in [4.69, 9.17) is 0 Å². The predicted molar refractivity (Wildman–Crippen MR) is 81.0 cm³/mol. The Morgan fingerprint density at radius 1 is 1.17 bits per heavy atom. The molecule has 1 unspecified atom stereocenters. The molecule has 0 saturated heterocycles. The summed E-state index contributed by atoms with van der Waals surface area (Å²) in [5.74, 6) is 0. The van der Waals surface area contributed by atoms with Crippen molar-refractivity contribution in [2.45, 2.75) is 52.0 Å².